The first-order valence-corrected chi connectivity index (χ1v) is 11.6. The lowest BCUT2D eigenvalue weighted by molar-refractivity contribution is -0.120. The minimum absolute atomic E-state index is 0.289. The number of methoxy groups -OCH3 is 2. The summed E-state index contributed by atoms with van der Waals surface area (Å²) < 4.78 is 16.0. The Bertz CT molecular complexity index is 1500. The van der Waals surface area contributed by atoms with Gasteiger partial charge in [-0.05, 0) is 47.2 Å². The highest BCUT2D eigenvalue weighted by atomic mass is 16.5. The van der Waals surface area contributed by atoms with Crippen molar-refractivity contribution in [2.75, 3.05) is 20.8 Å². The van der Waals surface area contributed by atoms with Gasteiger partial charge >= 0.3 is 5.97 Å². The maximum atomic E-state index is 12.6. The van der Waals surface area contributed by atoms with Gasteiger partial charge in [-0.2, -0.15) is 5.10 Å². The first-order chi connectivity index (χ1) is 18.5. The van der Waals surface area contributed by atoms with E-state index in [-0.39, 0.29) is 12.3 Å². The molecule has 0 fully saturated rings. The van der Waals surface area contributed by atoms with Crippen molar-refractivity contribution in [1.29, 1.82) is 0 Å². The van der Waals surface area contributed by atoms with E-state index in [9.17, 15) is 14.4 Å². The molecule has 192 valence electrons. The van der Waals surface area contributed by atoms with Gasteiger partial charge in [0.1, 0.15) is 5.75 Å². The van der Waals surface area contributed by atoms with E-state index < -0.39 is 17.8 Å². The van der Waals surface area contributed by atoms with E-state index in [1.54, 1.807) is 42.5 Å². The number of amides is 2. The fraction of sp³-hybridized carbons (Fsp3) is 0.103. The Morgan fingerprint density at radius 2 is 1.50 bits per heavy atom. The second kappa shape index (κ2) is 12.2. The lowest BCUT2D eigenvalue weighted by Gasteiger charge is -2.11. The number of carbonyl (C=O) groups is 3. The third kappa shape index (κ3) is 6.14. The largest absolute Gasteiger partial charge is 0.493 e. The second-order valence-corrected chi connectivity index (χ2v) is 8.00. The van der Waals surface area contributed by atoms with Crippen LogP contribution in [0.3, 0.4) is 0 Å². The molecule has 0 atom stereocenters. The molecule has 0 unspecified atom stereocenters. The number of hydrogen-bond acceptors (Lipinski definition) is 7. The minimum Gasteiger partial charge on any atom is -0.493 e. The molecule has 4 aromatic carbocycles. The highest BCUT2D eigenvalue weighted by molar-refractivity contribution is 6.04. The minimum atomic E-state index is -0.543. The van der Waals surface area contributed by atoms with Crippen LogP contribution in [0.25, 0.3) is 10.8 Å². The maximum Gasteiger partial charge on any atom is 0.343 e. The monoisotopic (exact) mass is 511 g/mol. The number of hydrazone groups is 1. The molecule has 0 aliphatic heterocycles. The number of fused-ring (bicyclic) bond motifs is 1. The smallest absolute Gasteiger partial charge is 0.343 e. The molecule has 4 rings (SSSR count). The van der Waals surface area contributed by atoms with Gasteiger partial charge in [0.25, 0.3) is 11.8 Å². The zero-order valence-corrected chi connectivity index (χ0v) is 20.8. The molecule has 0 aliphatic rings. The van der Waals surface area contributed by atoms with Crippen molar-refractivity contribution in [2.45, 2.75) is 0 Å². The van der Waals surface area contributed by atoms with Crippen LogP contribution in [0.2, 0.25) is 0 Å². The molecule has 0 bridgehead atoms. The van der Waals surface area contributed by atoms with E-state index in [4.69, 9.17) is 14.2 Å². The van der Waals surface area contributed by atoms with Crippen LogP contribution < -0.4 is 25.0 Å². The molecule has 0 saturated heterocycles. The van der Waals surface area contributed by atoms with Gasteiger partial charge in [-0.25, -0.2) is 10.2 Å². The van der Waals surface area contributed by atoms with E-state index in [0.29, 0.717) is 28.2 Å². The number of nitrogens with one attached hydrogen (secondary N) is 2. The summed E-state index contributed by atoms with van der Waals surface area (Å²) in [4.78, 5) is 37.4. The third-order valence-electron chi connectivity index (χ3n) is 5.58. The molecular formula is C29H25N3O6. The molecule has 2 amide bonds. The van der Waals surface area contributed by atoms with Crippen LogP contribution in [-0.2, 0) is 4.79 Å². The van der Waals surface area contributed by atoms with Gasteiger partial charge in [-0.1, -0.05) is 48.5 Å². The highest BCUT2D eigenvalue weighted by Crippen LogP contribution is 2.28. The van der Waals surface area contributed by atoms with E-state index in [2.05, 4.69) is 15.8 Å². The van der Waals surface area contributed by atoms with Gasteiger partial charge in [0.15, 0.2) is 11.5 Å². The van der Waals surface area contributed by atoms with E-state index in [1.165, 1.54) is 26.5 Å². The van der Waals surface area contributed by atoms with Crippen molar-refractivity contribution < 1.29 is 28.6 Å². The summed E-state index contributed by atoms with van der Waals surface area (Å²) in [6.07, 6.45) is 1.41. The lowest BCUT2D eigenvalue weighted by atomic mass is 10.0. The lowest BCUT2D eigenvalue weighted by Crippen LogP contribution is -2.34. The van der Waals surface area contributed by atoms with Crippen LogP contribution in [0, 0.1) is 0 Å². The fourth-order valence-corrected chi connectivity index (χ4v) is 3.68. The molecule has 9 nitrogen and oxygen atoms in total. The second-order valence-electron chi connectivity index (χ2n) is 8.00. The summed E-state index contributed by atoms with van der Waals surface area (Å²) in [6, 6.07) is 24.3. The van der Waals surface area contributed by atoms with Gasteiger partial charge in [-0.3, -0.25) is 9.59 Å². The number of hydrogen-bond donors (Lipinski definition) is 2. The Hall–Kier alpha value is -5.18. The summed E-state index contributed by atoms with van der Waals surface area (Å²) in [5.41, 5.74) is 3.61. The van der Waals surface area contributed by atoms with E-state index in [0.717, 1.165) is 10.8 Å². The average Bonchev–Trinajstić information content (AvgIpc) is 2.96. The summed E-state index contributed by atoms with van der Waals surface area (Å²) in [6.45, 7) is -0.310. The zero-order valence-electron chi connectivity index (χ0n) is 20.8. The first kappa shape index (κ1) is 25.9. The number of rotatable bonds is 9. The van der Waals surface area contributed by atoms with Crippen molar-refractivity contribution >= 4 is 34.8 Å². The molecule has 2 N–H and O–H groups in total. The van der Waals surface area contributed by atoms with Crippen molar-refractivity contribution in [2.24, 2.45) is 5.10 Å². The summed E-state index contributed by atoms with van der Waals surface area (Å²) >= 11 is 0. The molecule has 0 aliphatic carbocycles. The number of ether oxygens (including phenoxy) is 3. The van der Waals surface area contributed by atoms with Crippen LogP contribution in [0.5, 0.6) is 17.2 Å². The molecule has 0 aromatic heterocycles. The summed E-state index contributed by atoms with van der Waals surface area (Å²) in [5, 5.41) is 8.25. The van der Waals surface area contributed by atoms with Crippen LogP contribution in [0.15, 0.2) is 90.0 Å². The molecule has 9 heteroatoms. The first-order valence-electron chi connectivity index (χ1n) is 11.6. The van der Waals surface area contributed by atoms with Crippen LogP contribution in [0.1, 0.15) is 26.3 Å². The van der Waals surface area contributed by atoms with Gasteiger partial charge in [-0.15, -0.1) is 0 Å². The third-order valence-corrected chi connectivity index (χ3v) is 5.58. The molecule has 0 saturated carbocycles. The normalized spacial score (nSPS) is 10.7. The van der Waals surface area contributed by atoms with Gasteiger partial charge in [0.2, 0.25) is 0 Å². The molecule has 0 spiro atoms. The van der Waals surface area contributed by atoms with Crippen molar-refractivity contribution in [3.63, 3.8) is 0 Å². The van der Waals surface area contributed by atoms with Gasteiger partial charge in [0, 0.05) is 11.1 Å². The standard InChI is InChI=1S/C29H25N3O6/c1-36-25-15-13-21(16-26(25)37-2)28(34)30-18-27(33)32-31-17-23-22-11-7-6-8-19(22)12-14-24(23)38-29(35)20-9-4-3-5-10-20/h3-17H,18H2,1-2H3,(H,30,34)(H,32,33)/b31-17-. The number of benzene rings is 4. The van der Waals surface area contributed by atoms with Gasteiger partial charge in [0.05, 0.1) is 32.5 Å². The average molecular weight is 512 g/mol. The fourth-order valence-electron chi connectivity index (χ4n) is 3.68. The van der Waals surface area contributed by atoms with E-state index >= 15 is 0 Å². The van der Waals surface area contributed by atoms with Crippen molar-refractivity contribution in [1.82, 2.24) is 10.7 Å². The molecular weight excluding hydrogens is 486 g/mol. The van der Waals surface area contributed by atoms with Crippen molar-refractivity contribution in [3.05, 3.63) is 102 Å². The van der Waals surface area contributed by atoms with Crippen LogP contribution in [0.4, 0.5) is 0 Å². The predicted molar refractivity (Wildman–Crippen MR) is 143 cm³/mol. The number of carbonyl (C=O) groups excluding carboxylic acids is 3. The Balaban J connectivity index is 1.44. The quantitative estimate of drug-likeness (QED) is 0.152. The molecule has 0 heterocycles. The number of esters is 1. The zero-order chi connectivity index (χ0) is 26.9. The van der Waals surface area contributed by atoms with Crippen LogP contribution in [-0.4, -0.2) is 44.8 Å². The molecule has 4 aromatic rings. The SMILES string of the molecule is COc1ccc(C(=O)NCC(=O)N/N=C\c2c(OC(=O)c3ccccc3)ccc3ccccc23)cc1OC. The van der Waals surface area contributed by atoms with E-state index in [1.807, 2.05) is 36.4 Å². The highest BCUT2D eigenvalue weighted by Gasteiger charge is 2.14. The predicted octanol–water partition coefficient (Wildman–Crippen LogP) is 3.96. The van der Waals surface area contributed by atoms with Crippen molar-refractivity contribution in [3.8, 4) is 17.2 Å². The van der Waals surface area contributed by atoms with Crippen LogP contribution >= 0.6 is 0 Å². The summed E-state index contributed by atoms with van der Waals surface area (Å²) in [5.74, 6) is -0.353. The van der Waals surface area contributed by atoms with Gasteiger partial charge < -0.3 is 19.5 Å². The topological polar surface area (TPSA) is 115 Å². The number of nitrogens with zero attached hydrogens (tertiary/aromatic N) is 1. The Kier molecular flexibility index (Phi) is 8.30. The Morgan fingerprint density at radius 1 is 0.789 bits per heavy atom. The maximum absolute atomic E-state index is 12.6. The summed E-state index contributed by atoms with van der Waals surface area (Å²) in [7, 11) is 2.96. The Morgan fingerprint density at radius 3 is 2.26 bits per heavy atom. The molecule has 0 radical (unpaired) electrons. The molecule has 38 heavy (non-hydrogen) atoms. The Labute approximate surface area is 219 Å².